The van der Waals surface area contributed by atoms with Crippen LogP contribution in [0.1, 0.15) is 19.4 Å². The fraction of sp³-hybridized carbons (Fsp3) is 0.412. The van der Waals surface area contributed by atoms with Crippen LogP contribution in [0.15, 0.2) is 35.4 Å². The average Bonchev–Trinajstić information content (AvgIpc) is 2.86. The van der Waals surface area contributed by atoms with E-state index in [2.05, 4.69) is 15.8 Å². The molecule has 0 aliphatic carbocycles. The molecule has 10 heteroatoms. The molecule has 2 aliphatic heterocycles. The zero-order valence-electron chi connectivity index (χ0n) is 14.6. The van der Waals surface area contributed by atoms with Crippen molar-refractivity contribution in [2.24, 2.45) is 5.10 Å². The van der Waals surface area contributed by atoms with E-state index in [1.807, 2.05) is 6.07 Å². The number of carbonyl (C=O) groups excluding carboxylic acids is 2. The summed E-state index contributed by atoms with van der Waals surface area (Å²) in [6.45, 7) is 3.58. The number of fused-ring (bicyclic) bond motifs is 1. The van der Waals surface area contributed by atoms with Gasteiger partial charge >= 0.3 is 35.5 Å². The van der Waals surface area contributed by atoms with Gasteiger partial charge in [-0.3, -0.25) is 9.59 Å². The predicted molar refractivity (Wildman–Crippen MR) is 105 cm³/mol. The molecule has 0 radical (unpaired) electrons. The van der Waals surface area contributed by atoms with E-state index in [0.29, 0.717) is 5.56 Å². The Morgan fingerprint density at radius 1 is 1.26 bits per heavy atom. The minimum atomic E-state index is -1.04. The zero-order valence-corrected chi connectivity index (χ0v) is 15.4. The van der Waals surface area contributed by atoms with E-state index >= 15 is 0 Å². The normalized spacial score (nSPS) is 25.7. The van der Waals surface area contributed by atoms with Crippen LogP contribution in [0.3, 0.4) is 0 Å². The number of benzene rings is 1. The van der Waals surface area contributed by atoms with Gasteiger partial charge in [-0.25, -0.2) is 4.79 Å². The van der Waals surface area contributed by atoms with Crippen LogP contribution in [-0.4, -0.2) is 92.3 Å². The summed E-state index contributed by atoms with van der Waals surface area (Å²) in [6.07, 6.45) is 0. The first-order chi connectivity index (χ1) is 12.3. The summed E-state index contributed by atoms with van der Waals surface area (Å²) in [5, 5.41) is 15.8. The Balaban J connectivity index is 0.00000261. The molecule has 2 fully saturated rings. The number of thioether (sulfide) groups is 1. The Labute approximate surface area is 183 Å². The van der Waals surface area contributed by atoms with Crippen molar-refractivity contribution in [2.45, 2.75) is 36.1 Å². The van der Waals surface area contributed by atoms with Crippen molar-refractivity contribution in [3.63, 3.8) is 0 Å². The van der Waals surface area contributed by atoms with E-state index < -0.39 is 34.1 Å². The summed E-state index contributed by atoms with van der Waals surface area (Å²) in [5.41, 5.74) is 3.38. The zero-order chi connectivity index (χ0) is 19.1. The van der Waals surface area contributed by atoms with E-state index in [-0.39, 0.29) is 41.2 Å². The summed E-state index contributed by atoms with van der Waals surface area (Å²) in [4.78, 5) is 38.0. The molecule has 3 atom stereocenters. The molecule has 2 amide bonds. The van der Waals surface area contributed by atoms with Crippen LogP contribution >= 0.6 is 11.8 Å². The molecule has 0 aromatic heterocycles. The Bertz CT molecular complexity index is 786. The van der Waals surface area contributed by atoms with Crippen LogP contribution in [0, 0.1) is 0 Å². The van der Waals surface area contributed by atoms with Crippen molar-refractivity contribution >= 4 is 64.8 Å². The van der Waals surface area contributed by atoms with Crippen molar-refractivity contribution in [3.8, 4) is 0 Å². The number of nitrogens with one attached hydrogen (secondary N) is 2. The Hall–Kier alpha value is -1.55. The summed E-state index contributed by atoms with van der Waals surface area (Å²) < 4.78 is -0.632. The third-order valence-electron chi connectivity index (χ3n) is 4.45. The predicted octanol–water partition coefficient (Wildman–Crippen LogP) is -0.407. The SMILES string of the molecule is CN/N=C(/C(=O)NC1C(=O)N2[C@@H]1SC(C)(C)[C@@H]2C(=O)O)c1ccccc1.[NaH]. The van der Waals surface area contributed by atoms with E-state index in [1.54, 1.807) is 45.2 Å². The van der Waals surface area contributed by atoms with Crippen molar-refractivity contribution < 1.29 is 19.5 Å². The van der Waals surface area contributed by atoms with Gasteiger partial charge in [-0.15, -0.1) is 11.8 Å². The van der Waals surface area contributed by atoms with Crippen molar-refractivity contribution in [3.05, 3.63) is 35.9 Å². The fourth-order valence-electron chi connectivity index (χ4n) is 3.31. The molecule has 0 spiro atoms. The summed E-state index contributed by atoms with van der Waals surface area (Å²) in [7, 11) is 1.58. The number of carboxylic acid groups (broad SMARTS) is 1. The second kappa shape index (κ2) is 8.22. The van der Waals surface area contributed by atoms with Crippen molar-refractivity contribution in [1.82, 2.24) is 15.6 Å². The topological polar surface area (TPSA) is 111 Å². The number of hydrogen-bond donors (Lipinski definition) is 3. The maximum atomic E-state index is 12.7. The van der Waals surface area contributed by atoms with Gasteiger partial charge in [0.05, 0.1) is 0 Å². The van der Waals surface area contributed by atoms with Crippen molar-refractivity contribution in [2.75, 3.05) is 7.05 Å². The van der Waals surface area contributed by atoms with E-state index in [1.165, 1.54) is 16.7 Å². The van der Waals surface area contributed by atoms with Gasteiger partial charge < -0.3 is 20.7 Å². The van der Waals surface area contributed by atoms with Gasteiger partial charge in [-0.05, 0) is 13.8 Å². The number of carboxylic acids is 1. The first-order valence-electron chi connectivity index (χ1n) is 8.11. The summed E-state index contributed by atoms with van der Waals surface area (Å²) in [6, 6.07) is 7.24. The van der Waals surface area contributed by atoms with Gasteiger partial charge in [0.1, 0.15) is 17.5 Å². The quantitative estimate of drug-likeness (QED) is 0.268. The Morgan fingerprint density at radius 3 is 2.44 bits per heavy atom. The fourth-order valence-corrected chi connectivity index (χ4v) is 4.93. The number of amides is 2. The molecule has 0 saturated carbocycles. The minimum absolute atomic E-state index is 0. The van der Waals surface area contributed by atoms with Gasteiger partial charge in [-0.1, -0.05) is 30.3 Å². The number of hydrazone groups is 1. The number of nitrogens with zero attached hydrogens (tertiary/aromatic N) is 2. The Morgan fingerprint density at radius 2 is 1.89 bits per heavy atom. The van der Waals surface area contributed by atoms with E-state index in [0.717, 1.165) is 0 Å². The van der Waals surface area contributed by atoms with Gasteiger partial charge in [0.15, 0.2) is 5.71 Å². The second-order valence-electron chi connectivity index (χ2n) is 6.60. The van der Waals surface area contributed by atoms with Crippen LogP contribution < -0.4 is 10.7 Å². The molecular weight excluding hydrogens is 379 g/mol. The average molecular weight is 400 g/mol. The Kier molecular flexibility index (Phi) is 6.62. The molecule has 2 aliphatic rings. The van der Waals surface area contributed by atoms with Gasteiger partial charge in [0, 0.05) is 17.4 Å². The third kappa shape index (κ3) is 3.87. The number of hydrogen-bond acceptors (Lipinski definition) is 6. The van der Waals surface area contributed by atoms with Gasteiger partial charge in [0.2, 0.25) is 5.91 Å². The molecule has 3 N–H and O–H groups in total. The molecule has 1 unspecified atom stereocenters. The van der Waals surface area contributed by atoms with Gasteiger partial charge in [0.25, 0.3) is 5.91 Å². The maximum absolute atomic E-state index is 12.7. The first-order valence-corrected chi connectivity index (χ1v) is 8.99. The number of β-lactam (4-membered cyclic amide) rings is 1. The first kappa shape index (κ1) is 21.7. The molecule has 2 saturated heterocycles. The second-order valence-corrected chi connectivity index (χ2v) is 8.37. The molecule has 2 heterocycles. The van der Waals surface area contributed by atoms with Crippen LogP contribution in [0.4, 0.5) is 0 Å². The van der Waals surface area contributed by atoms with Gasteiger partial charge in [-0.2, -0.15) is 5.10 Å². The molecule has 140 valence electrons. The van der Waals surface area contributed by atoms with E-state index in [4.69, 9.17) is 0 Å². The molecule has 3 rings (SSSR count). The molecular formula is C17H21N4NaO4S. The molecule has 0 bridgehead atoms. The standard InChI is InChI=1S/C17H20N4O4S.Na.H/c1-17(2)12(16(24)25)21-14(23)11(15(21)26-17)19-13(22)10(20-18-3)9-7-5-4-6-8-9;;/h4-8,11-12,15,18H,1-3H3,(H,19,22)(H,24,25);;/b20-10+;;/t11?,12-,15+;;/m0../s1. The van der Waals surface area contributed by atoms with Crippen LogP contribution in [0.2, 0.25) is 0 Å². The third-order valence-corrected chi connectivity index (χ3v) is 6.02. The van der Waals surface area contributed by atoms with Crippen LogP contribution in [0.5, 0.6) is 0 Å². The summed E-state index contributed by atoms with van der Waals surface area (Å²) >= 11 is 1.38. The monoisotopic (exact) mass is 400 g/mol. The van der Waals surface area contributed by atoms with Crippen LogP contribution in [0.25, 0.3) is 0 Å². The number of rotatable bonds is 5. The van der Waals surface area contributed by atoms with E-state index in [9.17, 15) is 19.5 Å². The molecule has 27 heavy (non-hydrogen) atoms. The van der Waals surface area contributed by atoms with Crippen molar-refractivity contribution in [1.29, 1.82) is 0 Å². The number of aliphatic carboxylic acids is 1. The summed E-state index contributed by atoms with van der Waals surface area (Å²) in [5.74, 6) is -1.91. The number of carbonyl (C=O) groups is 3. The molecule has 8 nitrogen and oxygen atoms in total. The molecule has 1 aromatic carbocycles. The molecule has 1 aromatic rings. The van der Waals surface area contributed by atoms with Crippen LogP contribution in [-0.2, 0) is 14.4 Å².